The highest BCUT2D eigenvalue weighted by molar-refractivity contribution is 5.81. The second kappa shape index (κ2) is 6.23. The van der Waals surface area contributed by atoms with E-state index in [9.17, 15) is 18.7 Å². The highest BCUT2D eigenvalue weighted by Crippen LogP contribution is 2.41. The molecule has 0 saturated carbocycles. The smallest absolute Gasteiger partial charge is 0.410 e. The first kappa shape index (κ1) is 18.6. The van der Waals surface area contributed by atoms with Crippen LogP contribution in [0.2, 0.25) is 0 Å². The molecule has 2 atom stereocenters. The Morgan fingerprint density at radius 2 is 2.12 bits per heavy atom. The van der Waals surface area contributed by atoms with Gasteiger partial charge in [-0.1, -0.05) is 0 Å². The summed E-state index contributed by atoms with van der Waals surface area (Å²) in [5.74, 6) is -2.16. The fourth-order valence-electron chi connectivity index (χ4n) is 3.52. The van der Waals surface area contributed by atoms with Crippen molar-refractivity contribution in [3.63, 3.8) is 0 Å². The minimum absolute atomic E-state index is 0.0441. The summed E-state index contributed by atoms with van der Waals surface area (Å²) in [4.78, 5) is 13.8. The summed E-state index contributed by atoms with van der Waals surface area (Å²) in [6.45, 7) is 7.21. The van der Waals surface area contributed by atoms with Gasteiger partial charge in [0.15, 0.2) is 11.6 Å². The molecule has 26 heavy (non-hydrogen) atoms. The monoisotopic (exact) mass is 367 g/mol. The fourth-order valence-corrected chi connectivity index (χ4v) is 3.52. The second-order valence-electron chi connectivity index (χ2n) is 7.89. The van der Waals surface area contributed by atoms with Gasteiger partial charge in [0.1, 0.15) is 11.2 Å². The summed E-state index contributed by atoms with van der Waals surface area (Å²) >= 11 is 0. The molecule has 1 N–H and O–H groups in total. The minimum atomic E-state index is -1.64. The first-order valence-corrected chi connectivity index (χ1v) is 8.59. The Labute approximate surface area is 150 Å². The predicted octanol–water partition coefficient (Wildman–Crippen LogP) is 4.32. The number of piperidine rings is 1. The summed E-state index contributed by atoms with van der Waals surface area (Å²) in [5.41, 5.74) is -2.34. The fraction of sp³-hybridized carbons (Fsp3) is 0.526. The molecule has 142 valence electrons. The molecule has 0 bridgehead atoms. The van der Waals surface area contributed by atoms with Crippen LogP contribution in [-0.4, -0.2) is 34.3 Å². The van der Waals surface area contributed by atoms with Crippen LogP contribution >= 0.6 is 0 Å². The molecule has 1 fully saturated rings. The average molecular weight is 367 g/mol. The molecule has 7 heteroatoms. The molecule has 0 spiro atoms. The van der Waals surface area contributed by atoms with Gasteiger partial charge >= 0.3 is 6.09 Å². The Hall–Kier alpha value is -2.15. The Kier molecular flexibility index (Phi) is 4.46. The van der Waals surface area contributed by atoms with Crippen LogP contribution in [0.25, 0.3) is 11.0 Å². The van der Waals surface area contributed by atoms with Crippen LogP contribution in [0.3, 0.4) is 0 Å². The molecule has 2 aromatic rings. The van der Waals surface area contributed by atoms with E-state index in [1.54, 1.807) is 27.7 Å². The maximum absolute atomic E-state index is 14.5. The first-order chi connectivity index (χ1) is 12.0. The van der Waals surface area contributed by atoms with E-state index in [0.717, 1.165) is 6.07 Å². The van der Waals surface area contributed by atoms with E-state index in [1.165, 1.54) is 17.2 Å². The number of hydrogen-bond donors (Lipinski definition) is 1. The number of hydrogen-bond acceptors (Lipinski definition) is 4. The predicted molar refractivity (Wildman–Crippen MR) is 91.7 cm³/mol. The van der Waals surface area contributed by atoms with Crippen LogP contribution in [0, 0.1) is 11.6 Å². The topological polar surface area (TPSA) is 62.9 Å². The molecule has 2 heterocycles. The molecule has 1 aromatic heterocycles. The van der Waals surface area contributed by atoms with Crippen molar-refractivity contribution in [2.24, 2.45) is 0 Å². The van der Waals surface area contributed by atoms with E-state index in [-0.39, 0.29) is 30.5 Å². The molecule has 1 saturated heterocycles. The number of halogens is 2. The zero-order chi connectivity index (χ0) is 19.3. The van der Waals surface area contributed by atoms with Crippen molar-refractivity contribution in [1.82, 2.24) is 4.90 Å². The molecule has 0 radical (unpaired) electrons. The quantitative estimate of drug-likeness (QED) is 0.815. The van der Waals surface area contributed by atoms with Crippen molar-refractivity contribution in [3.8, 4) is 0 Å². The second-order valence-corrected chi connectivity index (χ2v) is 7.89. The van der Waals surface area contributed by atoms with Crippen molar-refractivity contribution in [3.05, 3.63) is 35.6 Å². The number of carbonyl (C=O) groups excluding carboxylic acids is 1. The zero-order valence-corrected chi connectivity index (χ0v) is 15.3. The Morgan fingerprint density at radius 1 is 1.42 bits per heavy atom. The van der Waals surface area contributed by atoms with Gasteiger partial charge < -0.3 is 19.2 Å². The summed E-state index contributed by atoms with van der Waals surface area (Å²) < 4.78 is 39.2. The van der Waals surface area contributed by atoms with Crippen molar-refractivity contribution >= 4 is 17.1 Å². The van der Waals surface area contributed by atoms with Crippen molar-refractivity contribution in [1.29, 1.82) is 0 Å². The van der Waals surface area contributed by atoms with E-state index in [1.807, 2.05) is 0 Å². The number of ether oxygens (including phenoxy) is 1. The normalized spacial score (nSPS) is 24.1. The number of rotatable bonds is 1. The van der Waals surface area contributed by atoms with Gasteiger partial charge in [-0.25, -0.2) is 13.6 Å². The molecule has 2 unspecified atom stereocenters. The van der Waals surface area contributed by atoms with Crippen molar-refractivity contribution < 1.29 is 27.8 Å². The van der Waals surface area contributed by atoms with Gasteiger partial charge in [0, 0.05) is 24.4 Å². The molecule has 3 rings (SSSR count). The lowest BCUT2D eigenvalue weighted by Crippen LogP contribution is -2.51. The number of amides is 1. The van der Waals surface area contributed by atoms with Crippen LogP contribution in [0.4, 0.5) is 13.6 Å². The third-order valence-corrected chi connectivity index (χ3v) is 4.66. The van der Waals surface area contributed by atoms with Gasteiger partial charge in [-0.3, -0.25) is 0 Å². The standard InChI is InChI=1S/C19H23F2NO4/c1-11-10-19(24,6-7-22(11)17(23)26-18(2,3)4)14-15(21)13(20)9-12-5-8-25-16(12)14/h5,8-9,11,24H,6-7,10H2,1-4H3. The summed E-state index contributed by atoms with van der Waals surface area (Å²) in [6.07, 6.45) is 0.931. The van der Waals surface area contributed by atoms with E-state index in [4.69, 9.17) is 9.15 Å². The summed E-state index contributed by atoms with van der Waals surface area (Å²) in [5, 5.41) is 11.5. The molecule has 1 amide bonds. The van der Waals surface area contributed by atoms with Crippen LogP contribution in [0.1, 0.15) is 46.1 Å². The van der Waals surface area contributed by atoms with E-state index >= 15 is 0 Å². The third-order valence-electron chi connectivity index (χ3n) is 4.66. The van der Waals surface area contributed by atoms with Crippen LogP contribution in [0.5, 0.6) is 0 Å². The number of nitrogens with zero attached hydrogens (tertiary/aromatic N) is 1. The number of likely N-dealkylation sites (tertiary alicyclic amines) is 1. The number of carbonyl (C=O) groups is 1. The average Bonchev–Trinajstić information content (AvgIpc) is 2.93. The zero-order valence-electron chi connectivity index (χ0n) is 15.3. The van der Waals surface area contributed by atoms with Gasteiger partial charge in [0.25, 0.3) is 0 Å². The lowest BCUT2D eigenvalue weighted by molar-refractivity contribution is -0.0561. The van der Waals surface area contributed by atoms with E-state index in [2.05, 4.69) is 0 Å². The van der Waals surface area contributed by atoms with E-state index in [0.29, 0.717) is 5.39 Å². The number of aliphatic hydroxyl groups is 1. The number of furan rings is 1. The van der Waals surface area contributed by atoms with Crippen molar-refractivity contribution in [2.45, 2.75) is 57.8 Å². The van der Waals surface area contributed by atoms with Crippen molar-refractivity contribution in [2.75, 3.05) is 6.54 Å². The highest BCUT2D eigenvalue weighted by atomic mass is 19.2. The largest absolute Gasteiger partial charge is 0.464 e. The molecule has 1 aromatic carbocycles. The van der Waals surface area contributed by atoms with Gasteiger partial charge in [0.2, 0.25) is 0 Å². The van der Waals surface area contributed by atoms with Crippen LogP contribution in [0.15, 0.2) is 22.8 Å². The Morgan fingerprint density at radius 3 is 2.73 bits per heavy atom. The van der Waals surface area contributed by atoms with Gasteiger partial charge in [-0.05, 0) is 46.2 Å². The molecule has 1 aliphatic rings. The lowest BCUT2D eigenvalue weighted by atomic mass is 9.80. The molecular formula is C19H23F2NO4. The summed E-state index contributed by atoms with van der Waals surface area (Å²) in [7, 11) is 0. The van der Waals surface area contributed by atoms with E-state index < -0.39 is 35.0 Å². The number of benzene rings is 1. The number of fused-ring (bicyclic) bond motifs is 1. The Bertz CT molecular complexity index is 842. The SMILES string of the molecule is CC1CC(O)(c2c(F)c(F)cc3ccoc23)CCN1C(=O)OC(C)(C)C. The maximum Gasteiger partial charge on any atom is 0.410 e. The van der Waals surface area contributed by atoms with Crippen LogP contribution in [-0.2, 0) is 10.3 Å². The molecule has 5 nitrogen and oxygen atoms in total. The van der Waals surface area contributed by atoms with Gasteiger partial charge in [-0.2, -0.15) is 0 Å². The van der Waals surface area contributed by atoms with Gasteiger partial charge in [0.05, 0.1) is 17.4 Å². The summed E-state index contributed by atoms with van der Waals surface area (Å²) in [6, 6.07) is 2.14. The van der Waals surface area contributed by atoms with Crippen LogP contribution < -0.4 is 0 Å². The molecule has 1 aliphatic heterocycles. The molecule has 0 aliphatic carbocycles. The highest BCUT2D eigenvalue weighted by Gasteiger charge is 2.44. The first-order valence-electron chi connectivity index (χ1n) is 8.59. The minimum Gasteiger partial charge on any atom is -0.464 e. The maximum atomic E-state index is 14.5. The van der Waals surface area contributed by atoms with Gasteiger partial charge in [-0.15, -0.1) is 0 Å². The third kappa shape index (κ3) is 3.28. The molecular weight excluding hydrogens is 344 g/mol. The Balaban J connectivity index is 1.91. The lowest BCUT2D eigenvalue weighted by Gasteiger charge is -2.43.